The minimum Gasteiger partial charge on any atom is -0.462 e. The van der Waals surface area contributed by atoms with Gasteiger partial charge in [0.05, 0.1) is 0 Å². The van der Waals surface area contributed by atoms with Crippen LogP contribution in [-0.2, 0) is 9.53 Å². The van der Waals surface area contributed by atoms with E-state index in [1.807, 2.05) is 36.4 Å². The van der Waals surface area contributed by atoms with Gasteiger partial charge in [-0.05, 0) is 35.1 Å². The molecule has 1 aliphatic rings. The third-order valence-corrected chi connectivity index (χ3v) is 4.38. The Hall–Kier alpha value is -2.35. The Labute approximate surface area is 137 Å². The van der Waals surface area contributed by atoms with Crippen molar-refractivity contribution in [3.8, 4) is 0 Å². The fraction of sp³-hybridized carbons (Fsp3) is 0.286. The highest BCUT2D eigenvalue weighted by Gasteiger charge is 2.45. The third-order valence-electron chi connectivity index (χ3n) is 4.38. The van der Waals surface area contributed by atoms with Gasteiger partial charge in [0.2, 0.25) is 0 Å². The summed E-state index contributed by atoms with van der Waals surface area (Å²) in [5, 5.41) is 0. The van der Waals surface area contributed by atoms with Crippen molar-refractivity contribution in [2.45, 2.75) is 32.8 Å². The van der Waals surface area contributed by atoms with E-state index in [-0.39, 0.29) is 18.0 Å². The molecule has 0 fully saturated rings. The first-order valence-electron chi connectivity index (χ1n) is 8.31. The van der Waals surface area contributed by atoms with Gasteiger partial charge in [0.25, 0.3) is 0 Å². The summed E-state index contributed by atoms with van der Waals surface area (Å²) in [6.45, 7) is 4.11. The lowest BCUT2D eigenvalue weighted by Gasteiger charge is -2.14. The van der Waals surface area contributed by atoms with Crippen LogP contribution in [0.2, 0.25) is 0 Å². The van der Waals surface area contributed by atoms with Crippen molar-refractivity contribution in [3.63, 3.8) is 0 Å². The summed E-state index contributed by atoms with van der Waals surface area (Å²) in [6, 6.07) is 20.2. The lowest BCUT2D eigenvalue weighted by atomic mass is 10.1. The first kappa shape index (κ1) is 15.5. The van der Waals surface area contributed by atoms with Gasteiger partial charge in [-0.3, -0.25) is 4.79 Å². The van der Waals surface area contributed by atoms with E-state index in [2.05, 4.69) is 38.1 Å². The molecule has 0 saturated carbocycles. The maximum atomic E-state index is 12.6. The third kappa shape index (κ3) is 3.21. The molecule has 0 aliphatic heterocycles. The number of benzene rings is 2. The van der Waals surface area contributed by atoms with Crippen LogP contribution in [0.5, 0.6) is 0 Å². The minimum absolute atomic E-state index is 0.0112. The maximum Gasteiger partial charge on any atom is 0.318 e. The summed E-state index contributed by atoms with van der Waals surface area (Å²) < 4.78 is 5.70. The van der Waals surface area contributed by atoms with Crippen molar-refractivity contribution in [1.82, 2.24) is 0 Å². The van der Waals surface area contributed by atoms with Crippen LogP contribution in [0.4, 0.5) is 0 Å². The van der Waals surface area contributed by atoms with Crippen LogP contribution in [0.25, 0.3) is 11.1 Å². The predicted molar refractivity (Wildman–Crippen MR) is 93.7 cm³/mol. The average molecular weight is 306 g/mol. The van der Waals surface area contributed by atoms with E-state index in [4.69, 9.17) is 4.74 Å². The van der Waals surface area contributed by atoms with E-state index in [0.717, 1.165) is 35.1 Å². The number of hydrogen-bond donors (Lipinski definition) is 0. The zero-order chi connectivity index (χ0) is 16.2. The van der Waals surface area contributed by atoms with Crippen molar-refractivity contribution >= 4 is 17.1 Å². The maximum absolute atomic E-state index is 12.6. The molecule has 0 unspecified atom stereocenters. The molecule has 2 aromatic carbocycles. The molecule has 118 valence electrons. The van der Waals surface area contributed by atoms with Crippen molar-refractivity contribution in [2.75, 3.05) is 0 Å². The quantitative estimate of drug-likeness (QED) is 0.705. The van der Waals surface area contributed by atoms with Crippen molar-refractivity contribution in [1.29, 1.82) is 0 Å². The van der Waals surface area contributed by atoms with Gasteiger partial charge < -0.3 is 4.74 Å². The molecule has 0 saturated heterocycles. The Balaban J connectivity index is 1.88. The number of carbonyl (C=O) groups excluding carboxylic acids is 1. The number of ether oxygens (including phenoxy) is 1. The average Bonchev–Trinajstić information content (AvgIpc) is 3.37. The van der Waals surface area contributed by atoms with E-state index in [9.17, 15) is 4.79 Å². The first-order valence-corrected chi connectivity index (χ1v) is 8.31. The molecular formula is C21H22O2. The summed E-state index contributed by atoms with van der Waals surface area (Å²) >= 11 is 0. The molecule has 2 heteroatoms. The smallest absolute Gasteiger partial charge is 0.318 e. The Morgan fingerprint density at radius 1 is 0.870 bits per heavy atom. The summed E-state index contributed by atoms with van der Waals surface area (Å²) in [6.07, 6.45) is 1.73. The van der Waals surface area contributed by atoms with Crippen molar-refractivity contribution < 1.29 is 9.53 Å². The van der Waals surface area contributed by atoms with E-state index in [1.54, 1.807) is 0 Å². The normalized spacial score (nSPS) is 14.2. The standard InChI is InChI=1S/C21H22O2/c1-3-17(4-2)23-21(22)20-18(15-11-7-5-8-12-15)19(20)16-13-9-6-10-14-16/h5-14,17,20H,3-4H2,1-2H3. The van der Waals surface area contributed by atoms with Crippen LogP contribution < -0.4 is 0 Å². The molecule has 0 spiro atoms. The number of hydrogen-bond acceptors (Lipinski definition) is 2. The van der Waals surface area contributed by atoms with Crippen LogP contribution in [0.3, 0.4) is 0 Å². The van der Waals surface area contributed by atoms with Gasteiger partial charge in [-0.2, -0.15) is 0 Å². The molecule has 3 rings (SSSR count). The van der Waals surface area contributed by atoms with Crippen molar-refractivity contribution in [3.05, 3.63) is 71.8 Å². The molecule has 0 atom stereocenters. The Bertz CT molecular complexity index is 648. The Morgan fingerprint density at radius 2 is 1.30 bits per heavy atom. The topological polar surface area (TPSA) is 26.3 Å². The van der Waals surface area contributed by atoms with Gasteiger partial charge in [0.1, 0.15) is 12.0 Å². The summed E-state index contributed by atoms with van der Waals surface area (Å²) in [5.74, 6) is -0.336. The van der Waals surface area contributed by atoms with E-state index in [0.29, 0.717) is 0 Å². The summed E-state index contributed by atoms with van der Waals surface area (Å²) in [4.78, 5) is 12.6. The van der Waals surface area contributed by atoms with E-state index in [1.165, 1.54) is 0 Å². The van der Waals surface area contributed by atoms with Crippen LogP contribution in [-0.4, -0.2) is 12.1 Å². The monoisotopic (exact) mass is 306 g/mol. The highest BCUT2D eigenvalue weighted by atomic mass is 16.5. The van der Waals surface area contributed by atoms with Gasteiger partial charge in [0, 0.05) is 0 Å². The van der Waals surface area contributed by atoms with Crippen molar-refractivity contribution in [2.24, 2.45) is 5.92 Å². The molecule has 2 aromatic rings. The van der Waals surface area contributed by atoms with Crippen LogP contribution in [0.1, 0.15) is 37.8 Å². The SMILES string of the molecule is CCC(CC)OC(=O)C1C(c2ccccc2)=C1c1ccccc1. The van der Waals surface area contributed by atoms with Crippen LogP contribution in [0, 0.1) is 5.92 Å². The van der Waals surface area contributed by atoms with Gasteiger partial charge >= 0.3 is 5.97 Å². The zero-order valence-corrected chi connectivity index (χ0v) is 13.7. The molecule has 1 aliphatic carbocycles. The molecule has 0 N–H and O–H groups in total. The van der Waals surface area contributed by atoms with E-state index >= 15 is 0 Å². The highest BCUT2D eigenvalue weighted by Crippen LogP contribution is 2.53. The first-order chi connectivity index (χ1) is 11.3. The second kappa shape index (κ2) is 6.82. The highest BCUT2D eigenvalue weighted by molar-refractivity contribution is 6.22. The molecule has 2 nitrogen and oxygen atoms in total. The number of rotatable bonds is 6. The lowest BCUT2D eigenvalue weighted by molar-refractivity contribution is -0.149. The minimum atomic E-state index is -0.222. The second-order valence-electron chi connectivity index (χ2n) is 5.87. The van der Waals surface area contributed by atoms with Gasteiger partial charge in [-0.15, -0.1) is 0 Å². The fourth-order valence-electron chi connectivity index (χ4n) is 3.03. The molecule has 0 radical (unpaired) electrons. The molecule has 0 aromatic heterocycles. The predicted octanol–water partition coefficient (Wildman–Crippen LogP) is 4.96. The summed E-state index contributed by atoms with van der Waals surface area (Å²) in [5.41, 5.74) is 4.43. The zero-order valence-electron chi connectivity index (χ0n) is 13.7. The van der Waals surface area contributed by atoms with Gasteiger partial charge in [-0.25, -0.2) is 0 Å². The molecule has 0 amide bonds. The lowest BCUT2D eigenvalue weighted by Crippen LogP contribution is -2.19. The molecule has 0 heterocycles. The number of esters is 1. The molecule has 23 heavy (non-hydrogen) atoms. The van der Waals surface area contributed by atoms with E-state index < -0.39 is 0 Å². The largest absolute Gasteiger partial charge is 0.462 e. The Kier molecular flexibility index (Phi) is 4.61. The van der Waals surface area contributed by atoms with Crippen LogP contribution >= 0.6 is 0 Å². The Morgan fingerprint density at radius 3 is 1.70 bits per heavy atom. The van der Waals surface area contributed by atoms with Crippen LogP contribution in [0.15, 0.2) is 60.7 Å². The summed E-state index contributed by atoms with van der Waals surface area (Å²) in [7, 11) is 0. The fourth-order valence-corrected chi connectivity index (χ4v) is 3.03. The van der Waals surface area contributed by atoms with Gasteiger partial charge in [0.15, 0.2) is 0 Å². The second-order valence-corrected chi connectivity index (χ2v) is 5.87. The van der Waals surface area contributed by atoms with Gasteiger partial charge in [-0.1, -0.05) is 74.5 Å². The molecular weight excluding hydrogens is 284 g/mol. The number of carbonyl (C=O) groups is 1. The molecule has 0 bridgehead atoms.